The molecule has 2 N–H and O–H groups in total. The van der Waals surface area contributed by atoms with E-state index in [2.05, 4.69) is 5.32 Å². The van der Waals surface area contributed by atoms with Crippen LogP contribution >= 0.6 is 0 Å². The van der Waals surface area contributed by atoms with Crippen LogP contribution in [0.15, 0.2) is 0 Å². The number of aliphatic hydroxyl groups is 1. The Kier molecular flexibility index (Phi) is 2.97. The number of rotatable bonds is 1. The minimum atomic E-state index is -0.583. The molecule has 0 aromatic rings. The average molecular weight is 226 g/mol. The molecule has 1 amide bonds. The third-order valence-electron chi connectivity index (χ3n) is 3.97. The number of carbonyl (C=O) groups is 1. The largest absolute Gasteiger partial charge is 0.390 e. The van der Waals surface area contributed by atoms with Crippen LogP contribution < -0.4 is 5.32 Å². The summed E-state index contributed by atoms with van der Waals surface area (Å²) in [7, 11) is 0. The van der Waals surface area contributed by atoms with Gasteiger partial charge in [-0.3, -0.25) is 4.79 Å². The lowest BCUT2D eigenvalue weighted by molar-refractivity contribution is -0.140. The van der Waals surface area contributed by atoms with Gasteiger partial charge in [0.05, 0.1) is 11.1 Å². The van der Waals surface area contributed by atoms with E-state index in [9.17, 15) is 9.90 Å². The summed E-state index contributed by atoms with van der Waals surface area (Å²) in [6.45, 7) is 6.15. The van der Waals surface area contributed by atoms with Gasteiger partial charge in [0.15, 0.2) is 0 Å². The van der Waals surface area contributed by atoms with E-state index in [-0.39, 0.29) is 11.4 Å². The van der Waals surface area contributed by atoms with Crippen molar-refractivity contribution in [3.63, 3.8) is 0 Å². The van der Waals surface area contributed by atoms with E-state index in [1.807, 2.05) is 18.7 Å². The van der Waals surface area contributed by atoms with Gasteiger partial charge < -0.3 is 15.3 Å². The molecule has 0 aliphatic carbocycles. The Labute approximate surface area is 97.0 Å². The van der Waals surface area contributed by atoms with Crippen LogP contribution in [0, 0.1) is 0 Å². The fourth-order valence-electron chi connectivity index (χ4n) is 2.62. The highest BCUT2D eigenvalue weighted by Gasteiger charge is 2.40. The summed E-state index contributed by atoms with van der Waals surface area (Å²) < 4.78 is 0. The fraction of sp³-hybridized carbons (Fsp3) is 0.917. The fourth-order valence-corrected chi connectivity index (χ4v) is 2.62. The maximum Gasteiger partial charge on any atom is 0.242 e. The Balaban J connectivity index is 1.96. The lowest BCUT2D eigenvalue weighted by atomic mass is 9.91. The molecule has 0 radical (unpaired) electrons. The molecule has 2 aliphatic heterocycles. The molecule has 1 unspecified atom stereocenters. The summed E-state index contributed by atoms with van der Waals surface area (Å²) in [5.41, 5.74) is -0.940. The van der Waals surface area contributed by atoms with Gasteiger partial charge in [-0.15, -0.1) is 0 Å². The molecular formula is C12H22N2O2. The summed E-state index contributed by atoms with van der Waals surface area (Å²) in [6.07, 6.45) is 3.39. The van der Waals surface area contributed by atoms with Gasteiger partial charge in [0, 0.05) is 13.1 Å². The third kappa shape index (κ3) is 2.23. The molecule has 2 fully saturated rings. The summed E-state index contributed by atoms with van der Waals surface area (Å²) in [6, 6.07) is 0. The van der Waals surface area contributed by atoms with E-state index in [1.165, 1.54) is 0 Å². The van der Waals surface area contributed by atoms with E-state index in [1.54, 1.807) is 0 Å². The molecule has 0 aromatic heterocycles. The molecule has 4 nitrogen and oxygen atoms in total. The van der Waals surface area contributed by atoms with Gasteiger partial charge in [-0.1, -0.05) is 0 Å². The van der Waals surface area contributed by atoms with Crippen LogP contribution in [0.2, 0.25) is 0 Å². The lowest BCUT2D eigenvalue weighted by Crippen LogP contribution is -2.56. The first-order valence-electron chi connectivity index (χ1n) is 6.20. The highest BCUT2D eigenvalue weighted by Crippen LogP contribution is 2.26. The Morgan fingerprint density at radius 2 is 1.88 bits per heavy atom. The number of nitrogens with zero attached hydrogens (tertiary/aromatic N) is 1. The standard InChI is InChI=1S/C12H22N2O2/c1-11(16)5-8-14(9-6-11)10(15)12(2)4-3-7-13-12/h13,16H,3-9H2,1-2H3. The molecule has 92 valence electrons. The normalized spacial score (nSPS) is 34.1. The van der Waals surface area contributed by atoms with Crippen molar-refractivity contribution in [3.05, 3.63) is 0 Å². The van der Waals surface area contributed by atoms with Gasteiger partial charge in [0.25, 0.3) is 0 Å². The minimum absolute atomic E-state index is 0.209. The maximum absolute atomic E-state index is 12.3. The molecule has 0 spiro atoms. The monoisotopic (exact) mass is 226 g/mol. The second kappa shape index (κ2) is 4.00. The average Bonchev–Trinajstić information content (AvgIpc) is 2.66. The molecule has 2 heterocycles. The van der Waals surface area contributed by atoms with Crippen molar-refractivity contribution in [2.45, 2.75) is 50.7 Å². The Bertz CT molecular complexity index is 273. The number of hydrogen-bond donors (Lipinski definition) is 2. The topological polar surface area (TPSA) is 52.6 Å². The van der Waals surface area contributed by atoms with Crippen molar-refractivity contribution in [2.24, 2.45) is 0 Å². The Hall–Kier alpha value is -0.610. The highest BCUT2D eigenvalue weighted by atomic mass is 16.3. The van der Waals surface area contributed by atoms with Crippen LogP contribution in [0.5, 0.6) is 0 Å². The summed E-state index contributed by atoms with van der Waals surface area (Å²) in [5, 5.41) is 13.1. The second-order valence-corrected chi connectivity index (χ2v) is 5.65. The Morgan fingerprint density at radius 1 is 1.25 bits per heavy atom. The van der Waals surface area contributed by atoms with Crippen LogP contribution in [0.4, 0.5) is 0 Å². The zero-order valence-corrected chi connectivity index (χ0v) is 10.3. The second-order valence-electron chi connectivity index (χ2n) is 5.65. The van der Waals surface area contributed by atoms with Crippen molar-refractivity contribution >= 4 is 5.91 Å². The predicted molar refractivity (Wildman–Crippen MR) is 62.1 cm³/mol. The Morgan fingerprint density at radius 3 is 2.38 bits per heavy atom. The molecule has 16 heavy (non-hydrogen) atoms. The number of nitrogens with one attached hydrogen (secondary N) is 1. The molecule has 0 bridgehead atoms. The van der Waals surface area contributed by atoms with Gasteiger partial charge >= 0.3 is 0 Å². The van der Waals surface area contributed by atoms with Gasteiger partial charge in [0.1, 0.15) is 0 Å². The van der Waals surface area contributed by atoms with Crippen LogP contribution in [0.1, 0.15) is 39.5 Å². The summed E-state index contributed by atoms with van der Waals surface area (Å²) in [5.74, 6) is 0.209. The van der Waals surface area contributed by atoms with Crippen LogP contribution in [0.3, 0.4) is 0 Å². The van der Waals surface area contributed by atoms with E-state index in [0.29, 0.717) is 25.9 Å². The first kappa shape index (κ1) is 11.9. The summed E-state index contributed by atoms with van der Waals surface area (Å²) in [4.78, 5) is 14.2. The highest BCUT2D eigenvalue weighted by molar-refractivity contribution is 5.86. The number of amides is 1. The number of piperidine rings is 1. The van der Waals surface area contributed by atoms with Gasteiger partial charge in [0.2, 0.25) is 5.91 Å². The van der Waals surface area contributed by atoms with Gasteiger partial charge in [-0.05, 0) is 46.1 Å². The van der Waals surface area contributed by atoms with Crippen molar-refractivity contribution in [1.82, 2.24) is 10.2 Å². The van der Waals surface area contributed by atoms with Crippen LogP contribution in [-0.2, 0) is 4.79 Å². The minimum Gasteiger partial charge on any atom is -0.390 e. The maximum atomic E-state index is 12.3. The molecule has 2 saturated heterocycles. The molecule has 2 aliphatic rings. The van der Waals surface area contributed by atoms with Gasteiger partial charge in [-0.2, -0.15) is 0 Å². The molecule has 4 heteroatoms. The SMILES string of the molecule is CC1(O)CCN(C(=O)C2(C)CCCN2)CC1. The predicted octanol–water partition coefficient (Wildman–Crippen LogP) is 0.502. The van der Waals surface area contributed by atoms with Crippen molar-refractivity contribution in [1.29, 1.82) is 0 Å². The third-order valence-corrected chi connectivity index (χ3v) is 3.97. The zero-order chi connectivity index (χ0) is 11.8. The molecule has 1 atom stereocenters. The molecule has 2 rings (SSSR count). The first-order chi connectivity index (χ1) is 7.43. The van der Waals surface area contributed by atoms with Gasteiger partial charge in [-0.25, -0.2) is 0 Å². The first-order valence-corrected chi connectivity index (χ1v) is 6.20. The van der Waals surface area contributed by atoms with E-state index < -0.39 is 5.60 Å². The number of likely N-dealkylation sites (tertiary alicyclic amines) is 1. The van der Waals surface area contributed by atoms with E-state index in [0.717, 1.165) is 19.4 Å². The lowest BCUT2D eigenvalue weighted by Gasteiger charge is -2.39. The van der Waals surface area contributed by atoms with Crippen LogP contribution in [0.25, 0.3) is 0 Å². The molecule has 0 aromatic carbocycles. The van der Waals surface area contributed by atoms with Crippen LogP contribution in [-0.4, -0.2) is 46.7 Å². The molecule has 0 saturated carbocycles. The zero-order valence-electron chi connectivity index (χ0n) is 10.3. The smallest absolute Gasteiger partial charge is 0.242 e. The number of hydrogen-bond acceptors (Lipinski definition) is 3. The van der Waals surface area contributed by atoms with Crippen molar-refractivity contribution < 1.29 is 9.90 Å². The van der Waals surface area contributed by atoms with E-state index in [4.69, 9.17) is 0 Å². The molecular weight excluding hydrogens is 204 g/mol. The number of carbonyl (C=O) groups excluding carboxylic acids is 1. The quantitative estimate of drug-likeness (QED) is 0.684. The van der Waals surface area contributed by atoms with Crippen molar-refractivity contribution in [2.75, 3.05) is 19.6 Å². The summed E-state index contributed by atoms with van der Waals surface area (Å²) >= 11 is 0. The van der Waals surface area contributed by atoms with E-state index >= 15 is 0 Å². The van der Waals surface area contributed by atoms with Crippen molar-refractivity contribution in [3.8, 4) is 0 Å².